The van der Waals surface area contributed by atoms with E-state index in [1.54, 1.807) is 6.07 Å². The summed E-state index contributed by atoms with van der Waals surface area (Å²) in [6.45, 7) is 0. The van der Waals surface area contributed by atoms with Crippen LogP contribution in [-0.2, 0) is 11.0 Å². The molecule has 188 valence electrons. The van der Waals surface area contributed by atoms with Gasteiger partial charge in [0.05, 0.1) is 31.7 Å². The van der Waals surface area contributed by atoms with Gasteiger partial charge in [-0.3, -0.25) is 9.59 Å². The second kappa shape index (κ2) is 9.52. The standard InChI is InChI=1S/C26H22F4N2O4/c1-32-23(16-6-4-5-7-19(16)27)22(17-12-20(35-2)21(36-3)13-18(17)25(32)34)24(33)31-15-10-8-14(9-11-15)26(28,29)30/h4-13,22-23H,1-3H3,(H,31,33)/t22-,23-/m0/s1. The van der Waals surface area contributed by atoms with Crippen LogP contribution in [0.15, 0.2) is 60.7 Å². The lowest BCUT2D eigenvalue weighted by Gasteiger charge is -2.40. The first-order chi connectivity index (χ1) is 17.1. The first-order valence-electron chi connectivity index (χ1n) is 10.8. The van der Waals surface area contributed by atoms with Crippen molar-refractivity contribution in [3.05, 3.63) is 88.7 Å². The number of amides is 2. The van der Waals surface area contributed by atoms with E-state index in [1.807, 2.05) is 0 Å². The van der Waals surface area contributed by atoms with Crippen LogP contribution in [0.1, 0.15) is 39.0 Å². The fraction of sp³-hybridized carbons (Fsp3) is 0.231. The first-order valence-corrected chi connectivity index (χ1v) is 10.8. The molecule has 1 heterocycles. The van der Waals surface area contributed by atoms with Crippen LogP contribution in [0, 0.1) is 5.82 Å². The van der Waals surface area contributed by atoms with Gasteiger partial charge in [-0.2, -0.15) is 13.2 Å². The van der Waals surface area contributed by atoms with Crippen molar-refractivity contribution >= 4 is 17.5 Å². The summed E-state index contributed by atoms with van der Waals surface area (Å²) >= 11 is 0. The van der Waals surface area contributed by atoms with Gasteiger partial charge in [0, 0.05) is 23.9 Å². The Morgan fingerprint density at radius 3 is 2.14 bits per heavy atom. The third-order valence-corrected chi connectivity index (χ3v) is 6.16. The summed E-state index contributed by atoms with van der Waals surface area (Å²) in [5.41, 5.74) is -0.207. The quantitative estimate of drug-likeness (QED) is 0.474. The molecule has 2 atom stereocenters. The SMILES string of the molecule is COc1cc2c(cc1OC)[C@H](C(=O)Nc1ccc(C(F)(F)F)cc1)[C@H](c1ccccc1F)N(C)C2=O. The van der Waals surface area contributed by atoms with Crippen LogP contribution in [0.3, 0.4) is 0 Å². The van der Waals surface area contributed by atoms with Crippen molar-refractivity contribution in [3.63, 3.8) is 0 Å². The number of carbonyl (C=O) groups excluding carboxylic acids is 2. The Morgan fingerprint density at radius 2 is 1.56 bits per heavy atom. The minimum absolute atomic E-state index is 0.112. The number of hydrogen-bond donors (Lipinski definition) is 1. The van der Waals surface area contributed by atoms with Crippen molar-refractivity contribution in [1.82, 2.24) is 4.90 Å². The van der Waals surface area contributed by atoms with Crippen molar-refractivity contribution < 1.29 is 36.6 Å². The summed E-state index contributed by atoms with van der Waals surface area (Å²) in [7, 11) is 4.25. The molecule has 4 rings (SSSR count). The number of likely N-dealkylation sites (N-methyl/N-ethyl adjacent to an activating group) is 1. The molecule has 3 aromatic rings. The van der Waals surface area contributed by atoms with Crippen LogP contribution in [-0.4, -0.2) is 38.0 Å². The Hall–Kier alpha value is -4.08. The van der Waals surface area contributed by atoms with E-state index in [0.717, 1.165) is 24.3 Å². The Bertz CT molecular complexity index is 1310. The van der Waals surface area contributed by atoms with Crippen molar-refractivity contribution in [3.8, 4) is 11.5 Å². The molecule has 2 amide bonds. The lowest BCUT2D eigenvalue weighted by atomic mass is 9.79. The normalized spacial score (nSPS) is 17.4. The van der Waals surface area contributed by atoms with E-state index < -0.39 is 41.3 Å². The average molecular weight is 502 g/mol. The summed E-state index contributed by atoms with van der Waals surface area (Å²) in [5.74, 6) is -2.31. The Labute approximate surface area is 204 Å². The number of anilines is 1. The van der Waals surface area contributed by atoms with E-state index in [2.05, 4.69) is 5.32 Å². The van der Waals surface area contributed by atoms with Gasteiger partial charge in [0.25, 0.3) is 5.91 Å². The third kappa shape index (κ3) is 4.46. The highest BCUT2D eigenvalue weighted by Gasteiger charge is 2.44. The summed E-state index contributed by atoms with van der Waals surface area (Å²) in [6.07, 6.45) is -4.53. The average Bonchev–Trinajstić information content (AvgIpc) is 2.85. The summed E-state index contributed by atoms with van der Waals surface area (Å²) in [4.78, 5) is 28.2. The second-order valence-electron chi connectivity index (χ2n) is 8.22. The minimum atomic E-state index is -4.53. The van der Waals surface area contributed by atoms with Crippen molar-refractivity contribution in [2.45, 2.75) is 18.1 Å². The number of alkyl halides is 3. The monoisotopic (exact) mass is 502 g/mol. The largest absolute Gasteiger partial charge is 0.493 e. The molecular formula is C26H22F4N2O4. The zero-order valence-electron chi connectivity index (χ0n) is 19.5. The van der Waals surface area contributed by atoms with Crippen molar-refractivity contribution in [1.29, 1.82) is 0 Å². The molecule has 10 heteroatoms. The maximum atomic E-state index is 14.9. The number of hydrogen-bond acceptors (Lipinski definition) is 4. The van der Waals surface area contributed by atoms with E-state index in [-0.39, 0.29) is 33.9 Å². The van der Waals surface area contributed by atoms with Crippen LogP contribution in [0.4, 0.5) is 23.2 Å². The van der Waals surface area contributed by atoms with E-state index in [0.29, 0.717) is 0 Å². The first kappa shape index (κ1) is 25.0. The van der Waals surface area contributed by atoms with Crippen LogP contribution in [0.25, 0.3) is 0 Å². The highest BCUT2D eigenvalue weighted by atomic mass is 19.4. The Balaban J connectivity index is 1.84. The topological polar surface area (TPSA) is 67.9 Å². The van der Waals surface area contributed by atoms with Gasteiger partial charge in [-0.05, 0) is 48.0 Å². The molecule has 0 spiro atoms. The molecule has 0 saturated carbocycles. The number of rotatable bonds is 5. The predicted molar refractivity (Wildman–Crippen MR) is 124 cm³/mol. The maximum absolute atomic E-state index is 14.9. The van der Waals surface area contributed by atoms with Crippen LogP contribution in [0.2, 0.25) is 0 Å². The van der Waals surface area contributed by atoms with Crippen LogP contribution < -0.4 is 14.8 Å². The predicted octanol–water partition coefficient (Wildman–Crippen LogP) is 5.41. The third-order valence-electron chi connectivity index (χ3n) is 6.16. The molecule has 3 aromatic carbocycles. The van der Waals surface area contributed by atoms with E-state index >= 15 is 0 Å². The number of carbonyl (C=O) groups is 2. The van der Waals surface area contributed by atoms with Gasteiger partial charge in [0.15, 0.2) is 11.5 Å². The van der Waals surface area contributed by atoms with E-state index in [1.165, 1.54) is 56.5 Å². The van der Waals surface area contributed by atoms with Crippen LogP contribution in [0.5, 0.6) is 11.5 Å². The van der Waals surface area contributed by atoms with E-state index in [4.69, 9.17) is 9.47 Å². The van der Waals surface area contributed by atoms with Gasteiger partial charge in [0.2, 0.25) is 5.91 Å². The molecule has 1 aliphatic heterocycles. The number of nitrogens with zero attached hydrogens (tertiary/aromatic N) is 1. The molecule has 0 bridgehead atoms. The fourth-order valence-corrected chi connectivity index (χ4v) is 4.40. The summed E-state index contributed by atoms with van der Waals surface area (Å²) < 4.78 is 64.4. The number of benzene rings is 3. The number of nitrogens with one attached hydrogen (secondary N) is 1. The molecule has 1 aliphatic rings. The number of ether oxygens (including phenoxy) is 2. The highest BCUT2D eigenvalue weighted by molar-refractivity contribution is 6.05. The molecule has 1 N–H and O–H groups in total. The highest BCUT2D eigenvalue weighted by Crippen LogP contribution is 2.46. The summed E-state index contributed by atoms with van der Waals surface area (Å²) in [6, 6.07) is 11.6. The Kier molecular flexibility index (Phi) is 6.62. The van der Waals surface area contributed by atoms with Gasteiger partial charge >= 0.3 is 6.18 Å². The number of methoxy groups -OCH3 is 2. The molecular weight excluding hydrogens is 480 g/mol. The molecule has 0 radical (unpaired) electrons. The lowest BCUT2D eigenvalue weighted by molar-refractivity contribution is -0.137. The maximum Gasteiger partial charge on any atom is 0.416 e. The number of fused-ring (bicyclic) bond motifs is 1. The molecule has 0 aliphatic carbocycles. The molecule has 0 fully saturated rings. The summed E-state index contributed by atoms with van der Waals surface area (Å²) in [5, 5.41) is 2.61. The minimum Gasteiger partial charge on any atom is -0.493 e. The molecule has 36 heavy (non-hydrogen) atoms. The number of halogens is 4. The lowest BCUT2D eigenvalue weighted by Crippen LogP contribution is -2.44. The van der Waals surface area contributed by atoms with Crippen molar-refractivity contribution in [2.75, 3.05) is 26.6 Å². The molecule has 0 unspecified atom stereocenters. The van der Waals surface area contributed by atoms with Gasteiger partial charge in [-0.25, -0.2) is 4.39 Å². The molecule has 0 aromatic heterocycles. The molecule has 0 saturated heterocycles. The van der Waals surface area contributed by atoms with Crippen molar-refractivity contribution in [2.24, 2.45) is 0 Å². The molecule has 6 nitrogen and oxygen atoms in total. The van der Waals surface area contributed by atoms with Crippen LogP contribution >= 0.6 is 0 Å². The zero-order chi connectivity index (χ0) is 26.2. The second-order valence-corrected chi connectivity index (χ2v) is 8.22. The zero-order valence-corrected chi connectivity index (χ0v) is 19.5. The Morgan fingerprint density at radius 1 is 0.944 bits per heavy atom. The van der Waals surface area contributed by atoms with Gasteiger partial charge in [-0.1, -0.05) is 18.2 Å². The smallest absolute Gasteiger partial charge is 0.416 e. The fourth-order valence-electron chi connectivity index (χ4n) is 4.40. The van der Waals surface area contributed by atoms with Gasteiger partial charge < -0.3 is 19.7 Å². The van der Waals surface area contributed by atoms with Gasteiger partial charge in [-0.15, -0.1) is 0 Å². The van der Waals surface area contributed by atoms with Gasteiger partial charge in [0.1, 0.15) is 5.82 Å². The van der Waals surface area contributed by atoms with E-state index in [9.17, 15) is 27.2 Å².